The van der Waals surface area contributed by atoms with Gasteiger partial charge in [-0.25, -0.2) is 14.6 Å². The molecule has 5 heteroatoms. The third-order valence-electron chi connectivity index (χ3n) is 1.62. The highest BCUT2D eigenvalue weighted by Gasteiger charge is 2.01. The largest absolute Gasteiger partial charge is 0.250 e. The summed E-state index contributed by atoms with van der Waals surface area (Å²) in [5.74, 6) is 0.589. The highest BCUT2D eigenvalue weighted by Crippen LogP contribution is 2.12. The average molecular weight is 239 g/mol. The molecule has 0 aliphatic rings. The van der Waals surface area contributed by atoms with Crippen molar-refractivity contribution in [3.05, 3.63) is 34.8 Å². The summed E-state index contributed by atoms with van der Waals surface area (Å²) < 4.78 is 2.53. The Bertz CT molecular complexity index is 410. The molecular weight excluding hydrogens is 232 g/mol. The van der Waals surface area contributed by atoms with Gasteiger partial charge in [0.1, 0.15) is 0 Å². The van der Waals surface area contributed by atoms with E-state index in [9.17, 15) is 0 Å². The normalized spacial score (nSPS) is 10.3. The van der Waals surface area contributed by atoms with Crippen LogP contribution in [0.15, 0.2) is 29.1 Å². The van der Waals surface area contributed by atoms with Crippen LogP contribution in [-0.2, 0) is 0 Å². The molecule has 0 unspecified atom stereocenters. The summed E-state index contributed by atoms with van der Waals surface area (Å²) in [6, 6.07) is 1.83. The van der Waals surface area contributed by atoms with E-state index in [4.69, 9.17) is 0 Å². The minimum Gasteiger partial charge on any atom is -0.218 e. The topological polar surface area (TPSA) is 43.6 Å². The van der Waals surface area contributed by atoms with Crippen LogP contribution in [0, 0.1) is 6.92 Å². The summed E-state index contributed by atoms with van der Waals surface area (Å²) in [6.45, 7) is 1.92. The first-order valence-electron chi connectivity index (χ1n) is 3.76. The van der Waals surface area contributed by atoms with Crippen molar-refractivity contribution in [2.75, 3.05) is 0 Å². The molecule has 13 heavy (non-hydrogen) atoms. The molecule has 0 bridgehead atoms. The average Bonchev–Trinajstić information content (AvgIpc) is 2.62. The van der Waals surface area contributed by atoms with Crippen molar-refractivity contribution in [3.8, 4) is 5.95 Å². The first-order valence-corrected chi connectivity index (χ1v) is 4.56. The lowest BCUT2D eigenvalue weighted by atomic mass is 10.5. The zero-order chi connectivity index (χ0) is 9.26. The van der Waals surface area contributed by atoms with E-state index in [-0.39, 0.29) is 0 Å². The van der Waals surface area contributed by atoms with Crippen molar-refractivity contribution in [1.82, 2.24) is 19.7 Å². The summed E-state index contributed by atoms with van der Waals surface area (Å²) in [4.78, 5) is 8.38. The van der Waals surface area contributed by atoms with Crippen molar-refractivity contribution in [3.63, 3.8) is 0 Å². The number of rotatable bonds is 1. The van der Waals surface area contributed by atoms with E-state index in [1.54, 1.807) is 17.1 Å². The van der Waals surface area contributed by atoms with E-state index in [1.165, 1.54) is 0 Å². The number of hydrogen-bond acceptors (Lipinski definition) is 3. The fourth-order valence-electron chi connectivity index (χ4n) is 0.938. The highest BCUT2D eigenvalue weighted by atomic mass is 79.9. The maximum atomic E-state index is 4.26. The highest BCUT2D eigenvalue weighted by molar-refractivity contribution is 9.10. The molecule has 2 aromatic heterocycles. The lowest BCUT2D eigenvalue weighted by Crippen LogP contribution is -2.02. The SMILES string of the molecule is Cc1nc(-n2cccn2)ncc1Br. The van der Waals surface area contributed by atoms with Crippen LogP contribution >= 0.6 is 15.9 Å². The van der Waals surface area contributed by atoms with Crippen molar-refractivity contribution in [2.24, 2.45) is 0 Å². The first-order chi connectivity index (χ1) is 6.27. The van der Waals surface area contributed by atoms with Crippen LogP contribution in [0.25, 0.3) is 5.95 Å². The van der Waals surface area contributed by atoms with Crippen LogP contribution in [0.1, 0.15) is 5.69 Å². The number of aryl methyl sites for hydroxylation is 1. The predicted octanol–water partition coefficient (Wildman–Crippen LogP) is 1.73. The van der Waals surface area contributed by atoms with Gasteiger partial charge in [0.2, 0.25) is 0 Å². The van der Waals surface area contributed by atoms with Gasteiger partial charge in [-0.05, 0) is 28.9 Å². The van der Waals surface area contributed by atoms with Crippen LogP contribution in [-0.4, -0.2) is 19.7 Å². The Balaban J connectivity index is 2.49. The van der Waals surface area contributed by atoms with Gasteiger partial charge in [0.05, 0.1) is 10.2 Å². The van der Waals surface area contributed by atoms with E-state index < -0.39 is 0 Å². The molecule has 0 aromatic carbocycles. The minimum atomic E-state index is 0.589. The molecule has 0 fully saturated rings. The molecule has 0 saturated carbocycles. The third-order valence-corrected chi connectivity index (χ3v) is 2.39. The molecule has 2 heterocycles. The molecule has 66 valence electrons. The number of nitrogens with zero attached hydrogens (tertiary/aromatic N) is 4. The van der Waals surface area contributed by atoms with E-state index >= 15 is 0 Å². The molecule has 0 spiro atoms. The van der Waals surface area contributed by atoms with Gasteiger partial charge in [-0.2, -0.15) is 5.10 Å². The first kappa shape index (κ1) is 8.37. The Hall–Kier alpha value is -1.23. The Morgan fingerprint density at radius 1 is 1.46 bits per heavy atom. The lowest BCUT2D eigenvalue weighted by molar-refractivity contribution is 0.799. The van der Waals surface area contributed by atoms with E-state index in [1.807, 2.05) is 19.2 Å². The van der Waals surface area contributed by atoms with Crippen LogP contribution in [0.3, 0.4) is 0 Å². The smallest absolute Gasteiger partial charge is 0.218 e. The molecular formula is C8H7BrN4. The zero-order valence-corrected chi connectivity index (χ0v) is 8.56. The Kier molecular flexibility index (Phi) is 2.10. The molecule has 0 aliphatic heterocycles. The maximum absolute atomic E-state index is 4.26. The summed E-state index contributed by atoms with van der Waals surface area (Å²) in [5, 5.41) is 4.03. The molecule has 2 rings (SSSR count). The molecule has 0 amide bonds. The Labute approximate surface area is 83.8 Å². The summed E-state index contributed by atoms with van der Waals surface area (Å²) in [5.41, 5.74) is 0.903. The quantitative estimate of drug-likeness (QED) is 0.761. The predicted molar refractivity (Wildman–Crippen MR) is 51.6 cm³/mol. The standard InChI is InChI=1S/C8H7BrN4/c1-6-7(9)5-10-8(12-6)13-4-2-3-11-13/h2-5H,1H3. The fraction of sp³-hybridized carbons (Fsp3) is 0.125. The second-order valence-corrected chi connectivity index (χ2v) is 3.41. The maximum Gasteiger partial charge on any atom is 0.250 e. The van der Waals surface area contributed by atoms with Gasteiger partial charge >= 0.3 is 0 Å². The molecule has 0 saturated heterocycles. The van der Waals surface area contributed by atoms with E-state index in [2.05, 4.69) is 31.0 Å². The van der Waals surface area contributed by atoms with Crippen LogP contribution in [0.2, 0.25) is 0 Å². The Morgan fingerprint density at radius 2 is 2.31 bits per heavy atom. The number of hydrogen-bond donors (Lipinski definition) is 0. The molecule has 4 nitrogen and oxygen atoms in total. The van der Waals surface area contributed by atoms with Gasteiger partial charge in [-0.15, -0.1) is 0 Å². The summed E-state index contributed by atoms with van der Waals surface area (Å²) in [7, 11) is 0. The monoisotopic (exact) mass is 238 g/mol. The lowest BCUT2D eigenvalue weighted by Gasteiger charge is -2.00. The minimum absolute atomic E-state index is 0.589. The summed E-state index contributed by atoms with van der Waals surface area (Å²) in [6.07, 6.45) is 5.22. The third kappa shape index (κ3) is 1.60. The Morgan fingerprint density at radius 3 is 2.92 bits per heavy atom. The van der Waals surface area contributed by atoms with Gasteiger partial charge in [-0.3, -0.25) is 0 Å². The van der Waals surface area contributed by atoms with E-state index in [0.29, 0.717) is 5.95 Å². The molecule has 0 aliphatic carbocycles. The van der Waals surface area contributed by atoms with Gasteiger partial charge < -0.3 is 0 Å². The molecule has 0 N–H and O–H groups in total. The van der Waals surface area contributed by atoms with E-state index in [0.717, 1.165) is 10.2 Å². The van der Waals surface area contributed by atoms with Crippen LogP contribution < -0.4 is 0 Å². The van der Waals surface area contributed by atoms with Gasteiger partial charge in [0, 0.05) is 18.6 Å². The van der Waals surface area contributed by atoms with Crippen LogP contribution in [0.4, 0.5) is 0 Å². The van der Waals surface area contributed by atoms with Crippen molar-refractivity contribution < 1.29 is 0 Å². The van der Waals surface area contributed by atoms with Crippen molar-refractivity contribution >= 4 is 15.9 Å². The molecule has 0 radical (unpaired) electrons. The second kappa shape index (κ2) is 3.26. The molecule has 0 atom stereocenters. The second-order valence-electron chi connectivity index (χ2n) is 2.55. The zero-order valence-electron chi connectivity index (χ0n) is 6.98. The van der Waals surface area contributed by atoms with Gasteiger partial charge in [0.15, 0.2) is 0 Å². The van der Waals surface area contributed by atoms with Gasteiger partial charge in [-0.1, -0.05) is 0 Å². The van der Waals surface area contributed by atoms with Crippen molar-refractivity contribution in [1.29, 1.82) is 0 Å². The number of aromatic nitrogens is 4. The number of halogens is 1. The van der Waals surface area contributed by atoms with Crippen LogP contribution in [0.5, 0.6) is 0 Å². The fourth-order valence-corrected chi connectivity index (χ4v) is 1.13. The summed E-state index contributed by atoms with van der Waals surface area (Å²) >= 11 is 3.34. The van der Waals surface area contributed by atoms with Gasteiger partial charge in [0.25, 0.3) is 5.95 Å². The molecule has 2 aromatic rings. The van der Waals surface area contributed by atoms with Crippen molar-refractivity contribution in [2.45, 2.75) is 6.92 Å².